The van der Waals surface area contributed by atoms with E-state index >= 15 is 0 Å². The molecule has 1 atom stereocenters. The predicted molar refractivity (Wildman–Crippen MR) is 87.6 cm³/mol. The summed E-state index contributed by atoms with van der Waals surface area (Å²) < 4.78 is 4.78. The second-order valence-electron chi connectivity index (χ2n) is 5.61. The van der Waals surface area contributed by atoms with E-state index in [2.05, 4.69) is 10.3 Å². The lowest BCUT2D eigenvalue weighted by molar-refractivity contribution is 0.0605. The van der Waals surface area contributed by atoms with Gasteiger partial charge in [0.15, 0.2) is 0 Å². The molecule has 120 valence electrons. The van der Waals surface area contributed by atoms with Crippen LogP contribution in [-0.4, -0.2) is 24.0 Å². The molecule has 0 saturated heterocycles. The van der Waals surface area contributed by atoms with E-state index in [0.29, 0.717) is 22.1 Å². The van der Waals surface area contributed by atoms with E-state index in [4.69, 9.17) is 4.74 Å². The van der Waals surface area contributed by atoms with E-state index < -0.39 is 0 Å². The van der Waals surface area contributed by atoms with Gasteiger partial charge in [-0.2, -0.15) is 0 Å². The molecule has 6 heteroatoms. The largest absolute Gasteiger partial charge is 0.465 e. The first-order valence-electron chi connectivity index (χ1n) is 7.51. The van der Waals surface area contributed by atoms with Gasteiger partial charge in [0.2, 0.25) is 0 Å². The van der Waals surface area contributed by atoms with Crippen LogP contribution < -0.4 is 5.32 Å². The maximum atomic E-state index is 12.4. The molecular weight excluding hydrogens is 312 g/mol. The minimum absolute atomic E-state index is 0.116. The molecule has 1 aromatic carbocycles. The first-order valence-corrected chi connectivity index (χ1v) is 8.33. The highest BCUT2D eigenvalue weighted by molar-refractivity contribution is 7.13. The van der Waals surface area contributed by atoms with Gasteiger partial charge in [-0.05, 0) is 37.8 Å². The lowest BCUT2D eigenvalue weighted by Gasteiger charge is -2.15. The van der Waals surface area contributed by atoms with Gasteiger partial charge >= 0.3 is 5.97 Å². The second kappa shape index (κ2) is 6.50. The molecule has 1 heterocycles. The summed E-state index contributed by atoms with van der Waals surface area (Å²) in [5, 5.41) is 3.84. The highest BCUT2D eigenvalue weighted by Crippen LogP contribution is 2.42. The van der Waals surface area contributed by atoms with E-state index in [1.807, 2.05) is 18.2 Å². The van der Waals surface area contributed by atoms with Gasteiger partial charge in [0.05, 0.1) is 18.8 Å². The van der Waals surface area contributed by atoms with Gasteiger partial charge in [-0.1, -0.05) is 18.2 Å². The number of benzene rings is 1. The van der Waals surface area contributed by atoms with Gasteiger partial charge in [0, 0.05) is 5.56 Å². The van der Waals surface area contributed by atoms with E-state index in [1.54, 1.807) is 19.1 Å². The average Bonchev–Trinajstić information content (AvgIpc) is 3.34. The van der Waals surface area contributed by atoms with Crippen molar-refractivity contribution in [1.29, 1.82) is 0 Å². The van der Waals surface area contributed by atoms with Crippen molar-refractivity contribution in [2.45, 2.75) is 25.8 Å². The molecule has 3 rings (SSSR count). The summed E-state index contributed by atoms with van der Waals surface area (Å²) in [6, 6.07) is 8.97. The third kappa shape index (κ3) is 3.42. The topological polar surface area (TPSA) is 68.3 Å². The van der Waals surface area contributed by atoms with Crippen molar-refractivity contribution >= 4 is 23.2 Å². The number of methoxy groups -OCH3 is 1. The van der Waals surface area contributed by atoms with Crippen LogP contribution in [0.25, 0.3) is 0 Å². The number of aromatic nitrogens is 1. The van der Waals surface area contributed by atoms with Crippen LogP contribution in [0.5, 0.6) is 0 Å². The van der Waals surface area contributed by atoms with Gasteiger partial charge in [0.25, 0.3) is 5.91 Å². The highest BCUT2D eigenvalue weighted by atomic mass is 32.1. The van der Waals surface area contributed by atoms with Crippen molar-refractivity contribution in [1.82, 2.24) is 10.3 Å². The standard InChI is InChI=1S/C17H18N2O3S/c1-10-14(17(21)22-2)23-16(18-10)13(11-8-9-11)19-15(20)12-6-4-3-5-7-12/h3-7,11,13H,8-9H2,1-2H3,(H,19,20)/t13-/m0/s1. The van der Waals surface area contributed by atoms with Crippen LogP contribution in [0.4, 0.5) is 0 Å². The van der Waals surface area contributed by atoms with E-state index in [0.717, 1.165) is 17.8 Å². The molecule has 0 radical (unpaired) electrons. The molecule has 0 aliphatic heterocycles. The number of hydrogen-bond acceptors (Lipinski definition) is 5. The Bertz CT molecular complexity index is 723. The van der Waals surface area contributed by atoms with E-state index in [-0.39, 0.29) is 17.9 Å². The summed E-state index contributed by atoms with van der Waals surface area (Å²) in [6.45, 7) is 1.79. The molecule has 1 amide bonds. The fourth-order valence-corrected chi connectivity index (χ4v) is 3.59. The number of carbonyl (C=O) groups is 2. The van der Waals surface area contributed by atoms with Gasteiger partial charge in [-0.25, -0.2) is 9.78 Å². The normalized spacial score (nSPS) is 15.0. The van der Waals surface area contributed by atoms with Crippen LogP contribution in [0.2, 0.25) is 0 Å². The quantitative estimate of drug-likeness (QED) is 0.855. The molecule has 1 fully saturated rings. The molecule has 0 bridgehead atoms. The number of ether oxygens (including phenoxy) is 1. The van der Waals surface area contributed by atoms with Crippen molar-refractivity contribution in [3.05, 3.63) is 51.5 Å². The maximum Gasteiger partial charge on any atom is 0.349 e. The van der Waals surface area contributed by atoms with Gasteiger partial charge in [-0.3, -0.25) is 4.79 Å². The number of thiazole rings is 1. The Morgan fingerprint density at radius 3 is 2.61 bits per heavy atom. The number of amides is 1. The number of nitrogens with one attached hydrogen (secondary N) is 1. The van der Waals surface area contributed by atoms with E-state index in [9.17, 15) is 9.59 Å². The van der Waals surface area contributed by atoms with Crippen molar-refractivity contribution in [3.8, 4) is 0 Å². The molecule has 1 aliphatic rings. The molecule has 1 aliphatic carbocycles. The summed E-state index contributed by atoms with van der Waals surface area (Å²) in [4.78, 5) is 29.2. The van der Waals surface area contributed by atoms with Gasteiger partial charge in [-0.15, -0.1) is 11.3 Å². The monoisotopic (exact) mass is 330 g/mol. The molecule has 1 aromatic heterocycles. The molecule has 0 unspecified atom stereocenters. The SMILES string of the molecule is COC(=O)c1sc([C@@H](NC(=O)c2ccccc2)C2CC2)nc1C. The van der Waals surface area contributed by atoms with Crippen molar-refractivity contribution < 1.29 is 14.3 Å². The zero-order valence-corrected chi connectivity index (χ0v) is 13.9. The van der Waals surface area contributed by atoms with E-state index in [1.165, 1.54) is 18.4 Å². The summed E-state index contributed by atoms with van der Waals surface area (Å²) in [5.41, 5.74) is 1.27. The first-order chi connectivity index (χ1) is 11.1. The minimum Gasteiger partial charge on any atom is -0.465 e. The Morgan fingerprint density at radius 1 is 1.30 bits per heavy atom. The van der Waals surface area contributed by atoms with Crippen LogP contribution in [0, 0.1) is 12.8 Å². The molecular formula is C17H18N2O3S. The smallest absolute Gasteiger partial charge is 0.349 e. The zero-order valence-electron chi connectivity index (χ0n) is 13.0. The third-order valence-corrected chi connectivity index (χ3v) is 5.09. The fraction of sp³-hybridized carbons (Fsp3) is 0.353. The lowest BCUT2D eigenvalue weighted by Crippen LogP contribution is -2.29. The van der Waals surface area contributed by atoms with Crippen molar-refractivity contribution in [2.24, 2.45) is 5.92 Å². The Hall–Kier alpha value is -2.21. The molecule has 5 nitrogen and oxygen atoms in total. The highest BCUT2D eigenvalue weighted by Gasteiger charge is 2.36. The third-order valence-electron chi connectivity index (χ3n) is 3.87. The summed E-state index contributed by atoms with van der Waals surface area (Å²) in [7, 11) is 1.36. The maximum absolute atomic E-state index is 12.4. The van der Waals surface area contributed by atoms with Crippen molar-refractivity contribution in [2.75, 3.05) is 7.11 Å². The summed E-state index contributed by atoms with van der Waals surface area (Å²) >= 11 is 1.31. The average molecular weight is 330 g/mol. The van der Waals surface area contributed by atoms with Crippen LogP contribution in [0.15, 0.2) is 30.3 Å². The molecule has 0 spiro atoms. The molecule has 2 aromatic rings. The summed E-state index contributed by atoms with van der Waals surface area (Å²) in [6.07, 6.45) is 2.12. The summed E-state index contributed by atoms with van der Waals surface area (Å²) in [5.74, 6) is -0.108. The van der Waals surface area contributed by atoms with Crippen LogP contribution in [-0.2, 0) is 4.74 Å². The number of aryl methyl sites for hydroxylation is 1. The molecule has 1 N–H and O–H groups in total. The first kappa shape index (κ1) is 15.7. The Kier molecular flexibility index (Phi) is 4.43. The molecule has 23 heavy (non-hydrogen) atoms. The number of rotatable bonds is 5. The second-order valence-corrected chi connectivity index (χ2v) is 6.64. The van der Waals surface area contributed by atoms with Crippen molar-refractivity contribution in [3.63, 3.8) is 0 Å². The number of carbonyl (C=O) groups excluding carboxylic acids is 2. The Morgan fingerprint density at radius 2 is 2.00 bits per heavy atom. The zero-order chi connectivity index (χ0) is 16.4. The van der Waals surface area contributed by atoms with Gasteiger partial charge in [0.1, 0.15) is 9.88 Å². The lowest BCUT2D eigenvalue weighted by atomic mass is 10.1. The predicted octanol–water partition coefficient (Wildman–Crippen LogP) is 3.12. The minimum atomic E-state index is -0.379. The fourth-order valence-electron chi connectivity index (χ4n) is 2.46. The number of nitrogens with zero attached hydrogens (tertiary/aromatic N) is 1. The van der Waals surface area contributed by atoms with Crippen LogP contribution >= 0.6 is 11.3 Å². The number of esters is 1. The van der Waals surface area contributed by atoms with Crippen LogP contribution in [0.1, 0.15) is 49.6 Å². The Balaban J connectivity index is 1.83. The van der Waals surface area contributed by atoms with Crippen LogP contribution in [0.3, 0.4) is 0 Å². The molecule has 1 saturated carbocycles. The number of hydrogen-bond donors (Lipinski definition) is 1. The van der Waals surface area contributed by atoms with Gasteiger partial charge < -0.3 is 10.1 Å². The Labute approximate surface area is 138 Å².